The van der Waals surface area contributed by atoms with E-state index in [1.165, 1.54) is 0 Å². The fraction of sp³-hybridized carbons (Fsp3) is 0.667. The fourth-order valence-corrected chi connectivity index (χ4v) is 2.31. The Balaban J connectivity index is 1.65. The average molecular weight is 288 g/mol. The lowest BCUT2D eigenvalue weighted by Crippen LogP contribution is -2.38. The molecule has 0 spiro atoms. The lowest BCUT2D eigenvalue weighted by molar-refractivity contribution is 0.0280. The van der Waals surface area contributed by atoms with Crippen molar-refractivity contribution in [2.75, 3.05) is 39.5 Å². The molecule has 2 rings (SSSR count). The van der Waals surface area contributed by atoms with Crippen molar-refractivity contribution in [2.24, 2.45) is 0 Å². The maximum atomic E-state index is 5.72. The molecule has 4 heteroatoms. The number of nitrogens with zero attached hydrogens (tertiary/aromatic N) is 1. The highest BCUT2D eigenvalue weighted by molar-refractivity contribution is 9.09. The normalized spacial score (nSPS) is 26.6. The number of ether oxygens (including phenoxy) is 2. The summed E-state index contributed by atoms with van der Waals surface area (Å²) in [5.41, 5.74) is 0. The van der Waals surface area contributed by atoms with Gasteiger partial charge in [-0.15, -0.1) is 0 Å². The first kappa shape index (κ1) is 12.1. The number of allylic oxidation sites excluding steroid dienone is 3. The smallest absolute Gasteiger partial charge is 0.116 e. The van der Waals surface area contributed by atoms with Gasteiger partial charge in [0.25, 0.3) is 0 Å². The van der Waals surface area contributed by atoms with E-state index in [0.29, 0.717) is 4.83 Å². The molecule has 1 unspecified atom stereocenters. The topological polar surface area (TPSA) is 21.7 Å². The monoisotopic (exact) mass is 287 g/mol. The van der Waals surface area contributed by atoms with Crippen molar-refractivity contribution >= 4 is 15.9 Å². The van der Waals surface area contributed by atoms with Gasteiger partial charge < -0.3 is 9.47 Å². The van der Waals surface area contributed by atoms with Crippen LogP contribution in [0.25, 0.3) is 0 Å². The van der Waals surface area contributed by atoms with Crippen LogP contribution < -0.4 is 0 Å². The Labute approximate surface area is 105 Å². The van der Waals surface area contributed by atoms with Crippen molar-refractivity contribution in [3.8, 4) is 0 Å². The third kappa shape index (κ3) is 3.92. The van der Waals surface area contributed by atoms with Crippen molar-refractivity contribution in [1.29, 1.82) is 0 Å². The summed E-state index contributed by atoms with van der Waals surface area (Å²) in [6, 6.07) is 0. The Morgan fingerprint density at radius 2 is 2.25 bits per heavy atom. The summed E-state index contributed by atoms with van der Waals surface area (Å²) >= 11 is 3.56. The number of alkyl halides is 1. The minimum Gasteiger partial charge on any atom is -0.493 e. The van der Waals surface area contributed by atoms with Crippen LogP contribution in [-0.2, 0) is 9.47 Å². The van der Waals surface area contributed by atoms with Crippen LogP contribution in [0.2, 0.25) is 0 Å². The van der Waals surface area contributed by atoms with Gasteiger partial charge in [0.15, 0.2) is 0 Å². The third-order valence-corrected chi connectivity index (χ3v) is 3.41. The van der Waals surface area contributed by atoms with Crippen molar-refractivity contribution < 1.29 is 9.47 Å². The molecule has 0 aromatic heterocycles. The SMILES string of the molecule is BrC1C=C(OCCN2CCOCC2)C=CC1. The van der Waals surface area contributed by atoms with Gasteiger partial charge in [0.1, 0.15) is 12.4 Å². The Morgan fingerprint density at radius 1 is 1.44 bits per heavy atom. The molecule has 90 valence electrons. The molecule has 2 aliphatic rings. The summed E-state index contributed by atoms with van der Waals surface area (Å²) in [7, 11) is 0. The quantitative estimate of drug-likeness (QED) is 0.738. The summed E-state index contributed by atoms with van der Waals surface area (Å²) in [6.45, 7) is 5.51. The summed E-state index contributed by atoms with van der Waals surface area (Å²) < 4.78 is 11.0. The maximum Gasteiger partial charge on any atom is 0.116 e. The average Bonchev–Trinajstić information content (AvgIpc) is 2.30. The molecule has 1 atom stereocenters. The highest BCUT2D eigenvalue weighted by atomic mass is 79.9. The molecule has 0 N–H and O–H groups in total. The first-order valence-corrected chi connectivity index (χ1v) is 6.71. The van der Waals surface area contributed by atoms with E-state index in [1.54, 1.807) is 0 Å². The molecule has 3 nitrogen and oxygen atoms in total. The Kier molecular flexibility index (Phi) is 4.88. The first-order chi connectivity index (χ1) is 7.84. The predicted octanol–water partition coefficient (Wildman–Crippen LogP) is 1.94. The summed E-state index contributed by atoms with van der Waals surface area (Å²) in [5.74, 6) is 0.987. The highest BCUT2D eigenvalue weighted by Gasteiger charge is 2.10. The van der Waals surface area contributed by atoms with Crippen LogP contribution in [0.3, 0.4) is 0 Å². The van der Waals surface area contributed by atoms with Crippen molar-refractivity contribution in [3.05, 3.63) is 24.0 Å². The van der Waals surface area contributed by atoms with Crippen LogP contribution in [0, 0.1) is 0 Å². The van der Waals surface area contributed by atoms with Gasteiger partial charge in [-0.05, 0) is 18.6 Å². The van der Waals surface area contributed by atoms with Gasteiger partial charge in [-0.2, -0.15) is 0 Å². The number of morpholine rings is 1. The van der Waals surface area contributed by atoms with Crippen LogP contribution in [0.15, 0.2) is 24.0 Å². The van der Waals surface area contributed by atoms with E-state index in [4.69, 9.17) is 9.47 Å². The molecular formula is C12H18BrNO2. The molecule has 0 saturated carbocycles. The number of rotatable bonds is 4. The molecule has 1 saturated heterocycles. The van der Waals surface area contributed by atoms with Gasteiger partial charge in [-0.25, -0.2) is 0 Å². The van der Waals surface area contributed by atoms with E-state index in [-0.39, 0.29) is 0 Å². The predicted molar refractivity (Wildman–Crippen MR) is 67.8 cm³/mol. The largest absolute Gasteiger partial charge is 0.493 e. The second-order valence-corrected chi connectivity index (χ2v) is 5.20. The standard InChI is InChI=1S/C12H18BrNO2/c13-11-2-1-3-12(10-11)16-9-6-14-4-7-15-8-5-14/h1,3,10-11H,2,4-9H2. The van der Waals surface area contributed by atoms with Crippen molar-refractivity contribution in [2.45, 2.75) is 11.2 Å². The Hall–Kier alpha value is -0.320. The molecular weight excluding hydrogens is 270 g/mol. The second kappa shape index (κ2) is 6.42. The molecule has 1 aliphatic heterocycles. The third-order valence-electron chi connectivity index (χ3n) is 2.77. The molecule has 1 heterocycles. The van der Waals surface area contributed by atoms with E-state index in [0.717, 1.165) is 51.6 Å². The van der Waals surface area contributed by atoms with E-state index in [2.05, 4.69) is 39.1 Å². The van der Waals surface area contributed by atoms with Crippen LogP contribution in [0.1, 0.15) is 6.42 Å². The molecule has 0 bridgehead atoms. The van der Waals surface area contributed by atoms with Gasteiger partial charge in [-0.1, -0.05) is 22.0 Å². The molecule has 0 aromatic carbocycles. The van der Waals surface area contributed by atoms with Crippen molar-refractivity contribution in [3.63, 3.8) is 0 Å². The van der Waals surface area contributed by atoms with Crippen LogP contribution in [0.4, 0.5) is 0 Å². The van der Waals surface area contributed by atoms with Crippen molar-refractivity contribution in [1.82, 2.24) is 4.90 Å². The number of halogens is 1. The van der Waals surface area contributed by atoms with Crippen LogP contribution in [-0.4, -0.2) is 49.2 Å². The molecule has 1 fully saturated rings. The molecule has 1 aliphatic carbocycles. The van der Waals surface area contributed by atoms with E-state index >= 15 is 0 Å². The zero-order valence-corrected chi connectivity index (χ0v) is 11.0. The van der Waals surface area contributed by atoms with Crippen LogP contribution >= 0.6 is 15.9 Å². The van der Waals surface area contributed by atoms with E-state index < -0.39 is 0 Å². The maximum absolute atomic E-state index is 5.72. The summed E-state index contributed by atoms with van der Waals surface area (Å²) in [6.07, 6.45) is 7.37. The Morgan fingerprint density at radius 3 is 3.00 bits per heavy atom. The second-order valence-electron chi connectivity index (χ2n) is 4.03. The summed E-state index contributed by atoms with van der Waals surface area (Å²) in [4.78, 5) is 2.80. The van der Waals surface area contributed by atoms with Gasteiger partial charge in [0.2, 0.25) is 0 Å². The Bertz CT molecular complexity index is 272. The van der Waals surface area contributed by atoms with Gasteiger partial charge in [0.05, 0.1) is 13.2 Å². The first-order valence-electron chi connectivity index (χ1n) is 5.80. The number of hydrogen-bond acceptors (Lipinski definition) is 3. The fourth-order valence-electron chi connectivity index (χ4n) is 1.83. The minimum absolute atomic E-state index is 0.427. The van der Waals surface area contributed by atoms with E-state index in [1.807, 2.05) is 0 Å². The van der Waals surface area contributed by atoms with E-state index in [9.17, 15) is 0 Å². The van der Waals surface area contributed by atoms with Gasteiger partial charge in [0, 0.05) is 24.5 Å². The number of hydrogen-bond donors (Lipinski definition) is 0. The molecule has 0 amide bonds. The molecule has 16 heavy (non-hydrogen) atoms. The molecule has 0 aromatic rings. The summed E-state index contributed by atoms with van der Waals surface area (Å²) in [5, 5.41) is 0. The van der Waals surface area contributed by atoms with Gasteiger partial charge >= 0.3 is 0 Å². The minimum atomic E-state index is 0.427. The lowest BCUT2D eigenvalue weighted by atomic mass is 10.2. The zero-order chi connectivity index (χ0) is 11.2. The zero-order valence-electron chi connectivity index (χ0n) is 9.40. The van der Waals surface area contributed by atoms with Gasteiger partial charge in [-0.3, -0.25) is 4.90 Å². The lowest BCUT2D eigenvalue weighted by Gasteiger charge is -2.26. The highest BCUT2D eigenvalue weighted by Crippen LogP contribution is 2.17. The molecule has 0 radical (unpaired) electrons. The van der Waals surface area contributed by atoms with Crippen LogP contribution in [0.5, 0.6) is 0 Å².